The lowest BCUT2D eigenvalue weighted by Crippen LogP contribution is -2.24. The summed E-state index contributed by atoms with van der Waals surface area (Å²) in [6.45, 7) is 2.72. The number of hydrogen-bond donors (Lipinski definition) is 1. The van der Waals surface area contributed by atoms with Crippen LogP contribution in [0.15, 0.2) is 23.1 Å². The molecule has 0 heterocycles. The number of benzene rings is 1. The second-order valence-electron chi connectivity index (χ2n) is 8.66. The summed E-state index contributed by atoms with van der Waals surface area (Å²) in [6, 6.07) is 4.37. The molecule has 1 rings (SSSR count). The molecule has 0 aliphatic rings. The van der Waals surface area contributed by atoms with Gasteiger partial charge in [-0.25, -0.2) is 13.1 Å². The van der Waals surface area contributed by atoms with Gasteiger partial charge in [-0.1, -0.05) is 133 Å². The standard InChI is InChI=1S/C25H43Cl2NO2S/c1-2-3-4-5-6-7-8-9-10-11-12-13-14-15-16-17-18-19-28-31(29,30)25-21-23(26)20-24(27)22-25/h20-22,28H,2-19H2,1H3. The van der Waals surface area contributed by atoms with Gasteiger partial charge in [-0.3, -0.25) is 0 Å². The second-order valence-corrected chi connectivity index (χ2v) is 11.3. The molecule has 1 N–H and O–H groups in total. The highest BCUT2D eigenvalue weighted by atomic mass is 35.5. The fraction of sp³-hybridized carbons (Fsp3) is 0.760. The number of nitrogens with one attached hydrogen (secondary N) is 1. The van der Waals surface area contributed by atoms with Crippen molar-refractivity contribution in [3.8, 4) is 0 Å². The van der Waals surface area contributed by atoms with Gasteiger partial charge in [0.2, 0.25) is 10.0 Å². The highest BCUT2D eigenvalue weighted by Crippen LogP contribution is 2.22. The maximum atomic E-state index is 12.3. The Labute approximate surface area is 201 Å². The Balaban J connectivity index is 1.89. The van der Waals surface area contributed by atoms with Gasteiger partial charge >= 0.3 is 0 Å². The summed E-state index contributed by atoms with van der Waals surface area (Å²) < 4.78 is 27.2. The highest BCUT2D eigenvalue weighted by Gasteiger charge is 2.14. The SMILES string of the molecule is CCCCCCCCCCCCCCCCCCCNS(=O)(=O)c1cc(Cl)cc(Cl)c1. The molecule has 31 heavy (non-hydrogen) atoms. The van der Waals surface area contributed by atoms with E-state index in [0.29, 0.717) is 16.6 Å². The Morgan fingerprint density at radius 3 is 1.35 bits per heavy atom. The third-order valence-corrected chi connectivity index (χ3v) is 7.60. The summed E-state index contributed by atoms with van der Waals surface area (Å²) in [7, 11) is -3.55. The van der Waals surface area contributed by atoms with Crippen LogP contribution in [0.2, 0.25) is 10.0 Å². The molecule has 0 aliphatic carbocycles. The first kappa shape index (κ1) is 28.7. The third kappa shape index (κ3) is 15.2. The van der Waals surface area contributed by atoms with Gasteiger partial charge in [-0.05, 0) is 24.6 Å². The van der Waals surface area contributed by atoms with E-state index in [1.165, 1.54) is 115 Å². The summed E-state index contributed by atoms with van der Waals surface area (Å²) in [5.41, 5.74) is 0. The molecule has 0 aliphatic heterocycles. The Bertz CT molecular complexity index is 660. The van der Waals surface area contributed by atoms with E-state index in [-0.39, 0.29) is 4.90 Å². The van der Waals surface area contributed by atoms with Crippen LogP contribution in [0.5, 0.6) is 0 Å². The molecule has 1 aromatic rings. The van der Waals surface area contributed by atoms with Crippen LogP contribution < -0.4 is 4.72 Å². The van der Waals surface area contributed by atoms with Crippen LogP contribution >= 0.6 is 23.2 Å². The number of halogens is 2. The van der Waals surface area contributed by atoms with Gasteiger partial charge < -0.3 is 0 Å². The van der Waals surface area contributed by atoms with E-state index in [4.69, 9.17) is 23.2 Å². The third-order valence-electron chi connectivity index (χ3n) is 5.72. The lowest BCUT2D eigenvalue weighted by molar-refractivity contribution is 0.526. The molecule has 6 heteroatoms. The van der Waals surface area contributed by atoms with Gasteiger partial charge in [0.05, 0.1) is 4.90 Å². The molecule has 0 atom stereocenters. The van der Waals surface area contributed by atoms with Crippen molar-refractivity contribution in [2.75, 3.05) is 6.54 Å². The molecular formula is C25H43Cl2NO2S. The lowest BCUT2D eigenvalue weighted by Gasteiger charge is -2.08. The van der Waals surface area contributed by atoms with E-state index in [2.05, 4.69) is 11.6 Å². The van der Waals surface area contributed by atoms with E-state index in [1.54, 1.807) is 0 Å². The lowest BCUT2D eigenvalue weighted by atomic mass is 10.0. The normalized spacial score (nSPS) is 11.8. The van der Waals surface area contributed by atoms with Crippen LogP contribution in [0.25, 0.3) is 0 Å². The topological polar surface area (TPSA) is 46.2 Å². The molecule has 0 fully saturated rings. The zero-order valence-corrected chi connectivity index (χ0v) is 21.8. The molecule has 1 aromatic carbocycles. The van der Waals surface area contributed by atoms with Crippen molar-refractivity contribution in [2.24, 2.45) is 0 Å². The monoisotopic (exact) mass is 491 g/mol. The van der Waals surface area contributed by atoms with E-state index in [9.17, 15) is 8.42 Å². The fourth-order valence-electron chi connectivity index (χ4n) is 3.82. The predicted octanol–water partition coefficient (Wildman–Crippen LogP) is 8.92. The number of hydrogen-bond acceptors (Lipinski definition) is 2. The number of rotatable bonds is 20. The average Bonchev–Trinajstić information content (AvgIpc) is 2.72. The molecule has 0 unspecified atom stereocenters. The molecule has 0 amide bonds. The summed E-state index contributed by atoms with van der Waals surface area (Å²) in [5.74, 6) is 0. The van der Waals surface area contributed by atoms with Crippen LogP contribution in [-0.4, -0.2) is 15.0 Å². The van der Waals surface area contributed by atoms with Crippen LogP contribution in [0.3, 0.4) is 0 Å². The molecule has 180 valence electrons. The Kier molecular flexibility index (Phi) is 16.8. The van der Waals surface area contributed by atoms with Crippen LogP contribution in [0, 0.1) is 0 Å². The summed E-state index contributed by atoms with van der Waals surface area (Å²) in [6.07, 6.45) is 22.3. The van der Waals surface area contributed by atoms with E-state index >= 15 is 0 Å². The van der Waals surface area contributed by atoms with Crippen molar-refractivity contribution in [1.82, 2.24) is 4.72 Å². The fourth-order valence-corrected chi connectivity index (χ4v) is 5.62. The smallest absolute Gasteiger partial charge is 0.211 e. The number of unbranched alkanes of at least 4 members (excludes halogenated alkanes) is 16. The van der Waals surface area contributed by atoms with E-state index in [1.807, 2.05) is 0 Å². The summed E-state index contributed by atoms with van der Waals surface area (Å²) in [5, 5.41) is 0.649. The van der Waals surface area contributed by atoms with Gasteiger partial charge in [0.1, 0.15) is 0 Å². The minimum absolute atomic E-state index is 0.122. The molecule has 0 saturated heterocycles. The molecular weight excluding hydrogens is 449 g/mol. The van der Waals surface area contributed by atoms with Crippen molar-refractivity contribution in [3.05, 3.63) is 28.2 Å². The van der Waals surface area contributed by atoms with Gasteiger partial charge in [0.25, 0.3) is 0 Å². The zero-order valence-electron chi connectivity index (χ0n) is 19.4. The van der Waals surface area contributed by atoms with E-state index in [0.717, 1.165) is 12.8 Å². The van der Waals surface area contributed by atoms with Crippen molar-refractivity contribution >= 4 is 33.2 Å². The van der Waals surface area contributed by atoms with Gasteiger partial charge in [0, 0.05) is 16.6 Å². The van der Waals surface area contributed by atoms with Gasteiger partial charge in [-0.15, -0.1) is 0 Å². The molecule has 0 radical (unpaired) electrons. The molecule has 0 saturated carbocycles. The molecule has 3 nitrogen and oxygen atoms in total. The maximum Gasteiger partial charge on any atom is 0.240 e. The zero-order chi connectivity index (χ0) is 22.8. The van der Waals surface area contributed by atoms with Crippen LogP contribution in [0.4, 0.5) is 0 Å². The largest absolute Gasteiger partial charge is 0.240 e. The van der Waals surface area contributed by atoms with Crippen LogP contribution in [0.1, 0.15) is 116 Å². The second kappa shape index (κ2) is 18.2. The first-order chi connectivity index (χ1) is 15.0. The number of sulfonamides is 1. The molecule has 0 spiro atoms. The van der Waals surface area contributed by atoms with Crippen molar-refractivity contribution < 1.29 is 8.42 Å². The first-order valence-corrected chi connectivity index (χ1v) is 14.7. The van der Waals surface area contributed by atoms with Crippen molar-refractivity contribution in [1.29, 1.82) is 0 Å². The summed E-state index contributed by atoms with van der Waals surface area (Å²) >= 11 is 11.8. The Hall–Kier alpha value is -0.290. The van der Waals surface area contributed by atoms with Gasteiger partial charge in [-0.2, -0.15) is 0 Å². The van der Waals surface area contributed by atoms with E-state index < -0.39 is 10.0 Å². The minimum Gasteiger partial charge on any atom is -0.211 e. The molecule has 0 bridgehead atoms. The molecule has 0 aromatic heterocycles. The van der Waals surface area contributed by atoms with Gasteiger partial charge in [0.15, 0.2) is 0 Å². The Morgan fingerprint density at radius 1 is 0.613 bits per heavy atom. The maximum absolute atomic E-state index is 12.3. The summed E-state index contributed by atoms with van der Waals surface area (Å²) in [4.78, 5) is 0.122. The first-order valence-electron chi connectivity index (χ1n) is 12.4. The van der Waals surface area contributed by atoms with Crippen LogP contribution in [-0.2, 0) is 10.0 Å². The Morgan fingerprint density at radius 2 is 0.968 bits per heavy atom. The quantitative estimate of drug-likeness (QED) is 0.185. The highest BCUT2D eigenvalue weighted by molar-refractivity contribution is 7.89. The predicted molar refractivity (Wildman–Crippen MR) is 136 cm³/mol. The minimum atomic E-state index is -3.55. The van der Waals surface area contributed by atoms with Crippen molar-refractivity contribution in [2.45, 2.75) is 121 Å². The average molecular weight is 493 g/mol. The van der Waals surface area contributed by atoms with Crippen molar-refractivity contribution in [3.63, 3.8) is 0 Å².